The van der Waals surface area contributed by atoms with Crippen LogP contribution in [-0.4, -0.2) is 54.1 Å². The van der Waals surface area contributed by atoms with Gasteiger partial charge in [-0.05, 0) is 49.1 Å². The van der Waals surface area contributed by atoms with E-state index in [0.717, 1.165) is 35.8 Å². The number of thioether (sulfide) groups is 1. The van der Waals surface area contributed by atoms with E-state index in [1.165, 1.54) is 18.2 Å². The molecule has 144 valence electrons. The van der Waals surface area contributed by atoms with Gasteiger partial charge in [-0.2, -0.15) is 0 Å². The molecular weight excluding hydrogens is 362 g/mol. The first-order chi connectivity index (χ1) is 13.1. The third-order valence-corrected chi connectivity index (χ3v) is 5.58. The van der Waals surface area contributed by atoms with Gasteiger partial charge in [-0.3, -0.25) is 4.79 Å². The highest BCUT2D eigenvalue weighted by Crippen LogP contribution is 2.31. The molecule has 1 unspecified atom stereocenters. The second kappa shape index (κ2) is 9.08. The minimum atomic E-state index is 0.178. The van der Waals surface area contributed by atoms with Crippen LogP contribution < -0.4 is 9.47 Å². The Balaban J connectivity index is 1.61. The first-order valence-electron chi connectivity index (χ1n) is 9.07. The van der Waals surface area contributed by atoms with E-state index < -0.39 is 0 Å². The summed E-state index contributed by atoms with van der Waals surface area (Å²) in [6, 6.07) is 9.44. The number of hydrogen-bond donors (Lipinski definition) is 0. The van der Waals surface area contributed by atoms with Gasteiger partial charge in [0.25, 0.3) is 0 Å². The molecule has 0 bridgehead atoms. The molecule has 0 saturated carbocycles. The standard InChI is InChI=1S/C20H25N3O3S/c1-14-5-4-10-23(12-14)20(24)13-27-19-9-7-16(21-22-19)15-6-8-17(25-2)18(11-15)26-3/h6-9,11,14H,4-5,10,12-13H2,1-3H3. The first-order valence-corrected chi connectivity index (χ1v) is 10.1. The summed E-state index contributed by atoms with van der Waals surface area (Å²) in [4.78, 5) is 14.3. The summed E-state index contributed by atoms with van der Waals surface area (Å²) in [6.45, 7) is 3.93. The molecule has 1 atom stereocenters. The van der Waals surface area contributed by atoms with Crippen molar-refractivity contribution in [1.82, 2.24) is 15.1 Å². The molecule has 1 aromatic carbocycles. The molecule has 1 aliphatic rings. The number of hydrogen-bond acceptors (Lipinski definition) is 6. The predicted octanol–water partition coefficient (Wildman–Crippen LogP) is 3.51. The molecule has 1 amide bonds. The van der Waals surface area contributed by atoms with Crippen molar-refractivity contribution < 1.29 is 14.3 Å². The minimum absolute atomic E-state index is 0.178. The average Bonchev–Trinajstić information content (AvgIpc) is 2.71. The molecular formula is C20H25N3O3S. The van der Waals surface area contributed by atoms with E-state index in [2.05, 4.69) is 17.1 Å². The lowest BCUT2D eigenvalue weighted by Gasteiger charge is -2.30. The SMILES string of the molecule is COc1ccc(-c2ccc(SCC(=O)N3CCCC(C)C3)nn2)cc1OC. The van der Waals surface area contributed by atoms with Crippen LogP contribution in [0.4, 0.5) is 0 Å². The van der Waals surface area contributed by atoms with Crippen LogP contribution in [0, 0.1) is 5.92 Å². The summed E-state index contributed by atoms with van der Waals surface area (Å²) in [6.07, 6.45) is 2.30. The van der Waals surface area contributed by atoms with Crippen molar-refractivity contribution in [1.29, 1.82) is 0 Å². The first kappa shape index (κ1) is 19.5. The number of likely N-dealkylation sites (tertiary alicyclic amines) is 1. The van der Waals surface area contributed by atoms with Crippen LogP contribution in [-0.2, 0) is 4.79 Å². The van der Waals surface area contributed by atoms with Crippen LogP contribution >= 0.6 is 11.8 Å². The largest absolute Gasteiger partial charge is 0.493 e. The molecule has 0 aliphatic carbocycles. The summed E-state index contributed by atoms with van der Waals surface area (Å²) < 4.78 is 10.6. The van der Waals surface area contributed by atoms with E-state index >= 15 is 0 Å². The third-order valence-electron chi connectivity index (χ3n) is 4.67. The van der Waals surface area contributed by atoms with Crippen molar-refractivity contribution in [3.05, 3.63) is 30.3 Å². The average molecular weight is 388 g/mol. The van der Waals surface area contributed by atoms with Crippen molar-refractivity contribution in [2.75, 3.05) is 33.1 Å². The quantitative estimate of drug-likeness (QED) is 0.707. The Morgan fingerprint density at radius 1 is 1.19 bits per heavy atom. The molecule has 0 N–H and O–H groups in total. The van der Waals surface area contributed by atoms with Crippen LogP contribution in [0.1, 0.15) is 19.8 Å². The van der Waals surface area contributed by atoms with Crippen LogP contribution in [0.25, 0.3) is 11.3 Å². The fourth-order valence-electron chi connectivity index (χ4n) is 3.19. The number of methoxy groups -OCH3 is 2. The second-order valence-electron chi connectivity index (χ2n) is 6.70. The lowest BCUT2D eigenvalue weighted by Crippen LogP contribution is -2.40. The molecule has 6 nitrogen and oxygen atoms in total. The smallest absolute Gasteiger partial charge is 0.232 e. The molecule has 3 rings (SSSR count). The van der Waals surface area contributed by atoms with E-state index in [4.69, 9.17) is 9.47 Å². The fraction of sp³-hybridized carbons (Fsp3) is 0.450. The Bertz CT molecular complexity index is 783. The number of carbonyl (C=O) groups is 1. The Morgan fingerprint density at radius 2 is 2.00 bits per heavy atom. The maximum atomic E-state index is 12.4. The molecule has 7 heteroatoms. The fourth-order valence-corrected chi connectivity index (χ4v) is 3.91. The normalized spacial score (nSPS) is 16.9. The maximum absolute atomic E-state index is 12.4. The molecule has 2 heterocycles. The van der Waals surface area contributed by atoms with Gasteiger partial charge in [0, 0.05) is 18.7 Å². The number of carbonyl (C=O) groups excluding carboxylic acids is 1. The number of piperidine rings is 1. The molecule has 1 aromatic heterocycles. The van der Waals surface area contributed by atoms with E-state index in [0.29, 0.717) is 23.2 Å². The molecule has 1 aliphatic heterocycles. The molecule has 1 saturated heterocycles. The summed E-state index contributed by atoms with van der Waals surface area (Å²) in [5.74, 6) is 2.49. The topological polar surface area (TPSA) is 64.5 Å². The summed E-state index contributed by atoms with van der Waals surface area (Å²) in [5.41, 5.74) is 1.64. The number of ether oxygens (including phenoxy) is 2. The minimum Gasteiger partial charge on any atom is -0.493 e. The van der Waals surface area contributed by atoms with E-state index in [1.54, 1.807) is 14.2 Å². The molecule has 27 heavy (non-hydrogen) atoms. The lowest BCUT2D eigenvalue weighted by atomic mass is 10.0. The molecule has 1 fully saturated rings. The molecule has 2 aromatic rings. The van der Waals surface area contributed by atoms with Gasteiger partial charge in [0.15, 0.2) is 11.5 Å². The Hall–Kier alpha value is -2.28. The van der Waals surface area contributed by atoms with Crippen molar-refractivity contribution >= 4 is 17.7 Å². The Morgan fingerprint density at radius 3 is 2.67 bits per heavy atom. The van der Waals surface area contributed by atoms with Gasteiger partial charge in [-0.1, -0.05) is 18.7 Å². The monoisotopic (exact) mass is 387 g/mol. The van der Waals surface area contributed by atoms with Crippen molar-refractivity contribution in [2.24, 2.45) is 5.92 Å². The number of rotatable bonds is 6. The van der Waals surface area contributed by atoms with Gasteiger partial charge in [0.2, 0.25) is 5.91 Å². The van der Waals surface area contributed by atoms with Gasteiger partial charge < -0.3 is 14.4 Å². The molecule has 0 spiro atoms. The third kappa shape index (κ3) is 4.91. The van der Waals surface area contributed by atoms with Gasteiger partial charge in [0.1, 0.15) is 5.03 Å². The van der Waals surface area contributed by atoms with Crippen LogP contribution in [0.5, 0.6) is 11.5 Å². The maximum Gasteiger partial charge on any atom is 0.232 e. The van der Waals surface area contributed by atoms with E-state index in [1.807, 2.05) is 35.2 Å². The second-order valence-corrected chi connectivity index (χ2v) is 7.70. The van der Waals surface area contributed by atoms with Gasteiger partial charge in [0.05, 0.1) is 25.7 Å². The van der Waals surface area contributed by atoms with E-state index in [9.17, 15) is 4.79 Å². The summed E-state index contributed by atoms with van der Waals surface area (Å²) >= 11 is 1.43. The summed E-state index contributed by atoms with van der Waals surface area (Å²) in [5, 5.41) is 9.29. The van der Waals surface area contributed by atoms with Crippen LogP contribution in [0.2, 0.25) is 0 Å². The van der Waals surface area contributed by atoms with Crippen LogP contribution in [0.15, 0.2) is 35.4 Å². The number of aromatic nitrogens is 2. The number of amides is 1. The van der Waals surface area contributed by atoms with Gasteiger partial charge in [-0.15, -0.1) is 10.2 Å². The Kier molecular flexibility index (Phi) is 6.55. The highest BCUT2D eigenvalue weighted by atomic mass is 32.2. The van der Waals surface area contributed by atoms with Crippen LogP contribution in [0.3, 0.4) is 0 Å². The Labute approximate surface area is 164 Å². The van der Waals surface area contributed by atoms with Gasteiger partial charge in [-0.25, -0.2) is 0 Å². The number of nitrogens with zero attached hydrogens (tertiary/aromatic N) is 3. The zero-order chi connectivity index (χ0) is 19.2. The van der Waals surface area contributed by atoms with E-state index in [-0.39, 0.29) is 5.91 Å². The number of benzene rings is 1. The van der Waals surface area contributed by atoms with Crippen molar-refractivity contribution in [2.45, 2.75) is 24.8 Å². The van der Waals surface area contributed by atoms with Gasteiger partial charge >= 0.3 is 0 Å². The molecule has 0 radical (unpaired) electrons. The highest BCUT2D eigenvalue weighted by molar-refractivity contribution is 7.99. The lowest BCUT2D eigenvalue weighted by molar-refractivity contribution is -0.130. The zero-order valence-electron chi connectivity index (χ0n) is 16.0. The van der Waals surface area contributed by atoms with Crippen molar-refractivity contribution in [3.8, 4) is 22.8 Å². The van der Waals surface area contributed by atoms with Crippen molar-refractivity contribution in [3.63, 3.8) is 0 Å². The summed E-state index contributed by atoms with van der Waals surface area (Å²) in [7, 11) is 3.21. The predicted molar refractivity (Wildman–Crippen MR) is 106 cm³/mol. The highest BCUT2D eigenvalue weighted by Gasteiger charge is 2.21. The zero-order valence-corrected chi connectivity index (χ0v) is 16.8.